The second-order valence-corrected chi connectivity index (χ2v) is 5.75. The van der Waals surface area contributed by atoms with Crippen molar-refractivity contribution in [3.8, 4) is 17.3 Å². The van der Waals surface area contributed by atoms with Gasteiger partial charge in [0.15, 0.2) is 5.82 Å². The highest BCUT2D eigenvalue weighted by Gasteiger charge is 2.32. The van der Waals surface area contributed by atoms with Gasteiger partial charge in [0.25, 0.3) is 0 Å². The number of hydrogen-bond donors (Lipinski definition) is 1. The van der Waals surface area contributed by atoms with Crippen molar-refractivity contribution in [3.63, 3.8) is 0 Å². The van der Waals surface area contributed by atoms with Crippen LogP contribution in [-0.4, -0.2) is 29.7 Å². The molecule has 0 radical (unpaired) electrons. The van der Waals surface area contributed by atoms with Crippen molar-refractivity contribution in [2.24, 2.45) is 5.41 Å². The molecule has 1 saturated heterocycles. The van der Waals surface area contributed by atoms with Crippen LogP contribution in [0, 0.1) is 28.5 Å². The largest absolute Gasteiger partial charge is 0.381 e. The first-order chi connectivity index (χ1) is 11.6. The fourth-order valence-corrected chi connectivity index (χ4v) is 2.64. The Bertz CT molecular complexity index is 769. The molecule has 0 saturated carbocycles. The van der Waals surface area contributed by atoms with Crippen LogP contribution in [0.5, 0.6) is 0 Å². The summed E-state index contributed by atoms with van der Waals surface area (Å²) in [4.78, 5) is 7.58. The lowest BCUT2D eigenvalue weighted by Crippen LogP contribution is -2.34. The van der Waals surface area contributed by atoms with Gasteiger partial charge in [0.1, 0.15) is 5.82 Å². The van der Waals surface area contributed by atoms with Gasteiger partial charge in [0.2, 0.25) is 5.95 Å². The summed E-state index contributed by atoms with van der Waals surface area (Å²) in [5, 5.41) is 12.6. The van der Waals surface area contributed by atoms with E-state index in [-0.39, 0.29) is 5.56 Å². The van der Waals surface area contributed by atoms with Crippen LogP contribution in [0.1, 0.15) is 12.8 Å². The van der Waals surface area contributed by atoms with E-state index in [2.05, 4.69) is 21.4 Å². The summed E-state index contributed by atoms with van der Waals surface area (Å²) in [6, 6.07) is 8.39. The van der Waals surface area contributed by atoms with Gasteiger partial charge in [-0.05, 0) is 25.0 Å². The Morgan fingerprint density at radius 1 is 1.29 bits per heavy atom. The molecular weight excluding hydrogens is 314 g/mol. The molecule has 3 heterocycles. The molecule has 0 amide bonds. The fourth-order valence-electron chi connectivity index (χ4n) is 2.64. The van der Waals surface area contributed by atoms with Crippen LogP contribution in [0.25, 0.3) is 11.3 Å². The first-order valence-corrected chi connectivity index (χ1v) is 7.63. The molecule has 1 fully saturated rings. The van der Waals surface area contributed by atoms with Gasteiger partial charge in [-0.3, -0.25) is 0 Å². The van der Waals surface area contributed by atoms with Crippen molar-refractivity contribution in [2.45, 2.75) is 12.8 Å². The molecule has 7 heteroatoms. The third-order valence-electron chi connectivity index (χ3n) is 4.14. The lowest BCUT2D eigenvalue weighted by Gasteiger charge is -2.30. The Morgan fingerprint density at radius 2 is 2.08 bits per heavy atom. The zero-order chi connectivity index (χ0) is 17.0. The minimum absolute atomic E-state index is 0.0483. The maximum absolute atomic E-state index is 13.8. The van der Waals surface area contributed by atoms with E-state index >= 15 is 0 Å². The molecule has 0 spiro atoms. The second kappa shape index (κ2) is 6.89. The van der Waals surface area contributed by atoms with Crippen LogP contribution < -0.4 is 5.32 Å². The first kappa shape index (κ1) is 16.3. The summed E-state index contributed by atoms with van der Waals surface area (Å²) >= 11 is 0. The predicted molar refractivity (Wildman–Crippen MR) is 84.0 cm³/mol. The van der Waals surface area contributed by atoms with Crippen LogP contribution in [0.3, 0.4) is 0 Å². The summed E-state index contributed by atoms with van der Waals surface area (Å²) in [7, 11) is 0. The Hall–Kier alpha value is -2.59. The van der Waals surface area contributed by atoms with Gasteiger partial charge in [-0.2, -0.15) is 9.65 Å². The van der Waals surface area contributed by atoms with E-state index in [0.717, 1.165) is 12.3 Å². The molecule has 1 aliphatic rings. The van der Waals surface area contributed by atoms with E-state index in [1.807, 2.05) is 0 Å². The zero-order valence-electron chi connectivity index (χ0n) is 12.9. The normalized spacial score (nSPS) is 16.4. The number of hydrogen-bond acceptors (Lipinski definition) is 5. The molecule has 0 aliphatic carbocycles. The molecule has 0 unspecified atom stereocenters. The lowest BCUT2D eigenvalue weighted by molar-refractivity contribution is 0.0455. The zero-order valence-corrected chi connectivity index (χ0v) is 12.9. The van der Waals surface area contributed by atoms with Gasteiger partial charge in [0.05, 0.1) is 23.4 Å². The number of nitrogens with zero attached hydrogens (tertiary/aromatic N) is 3. The molecule has 1 N–H and O–H groups in total. The standard InChI is InChI=1S/C17H16F2N4O/c18-13-9-21-15(19)8-12(13)14-2-1-3-16(23-14)22-11-17(10-20)4-6-24-7-5-17/h1-3,8-9H,4-7,11H2,(H,22,23). The number of nitriles is 1. The van der Waals surface area contributed by atoms with Gasteiger partial charge in [-0.25, -0.2) is 14.4 Å². The van der Waals surface area contributed by atoms with Crippen LogP contribution in [0.2, 0.25) is 0 Å². The highest BCUT2D eigenvalue weighted by atomic mass is 19.1. The molecule has 0 atom stereocenters. The van der Waals surface area contributed by atoms with Crippen molar-refractivity contribution < 1.29 is 13.5 Å². The summed E-state index contributed by atoms with van der Waals surface area (Å²) in [6.45, 7) is 1.55. The van der Waals surface area contributed by atoms with Gasteiger partial charge in [0, 0.05) is 31.4 Å². The Labute approximate surface area is 138 Å². The quantitative estimate of drug-likeness (QED) is 0.872. The van der Waals surface area contributed by atoms with E-state index in [4.69, 9.17) is 4.74 Å². The van der Waals surface area contributed by atoms with E-state index < -0.39 is 17.2 Å². The molecule has 2 aromatic rings. The van der Waals surface area contributed by atoms with Crippen LogP contribution >= 0.6 is 0 Å². The lowest BCUT2D eigenvalue weighted by atomic mass is 9.82. The summed E-state index contributed by atoms with van der Waals surface area (Å²) in [5.41, 5.74) is -0.145. The van der Waals surface area contributed by atoms with E-state index in [0.29, 0.717) is 44.1 Å². The van der Waals surface area contributed by atoms with Crippen molar-refractivity contribution in [1.29, 1.82) is 5.26 Å². The predicted octanol–water partition coefficient (Wildman–Crippen LogP) is 3.15. The third kappa shape index (κ3) is 3.49. The number of nitrogens with one attached hydrogen (secondary N) is 1. The number of rotatable bonds is 4. The maximum atomic E-state index is 13.8. The molecule has 2 aromatic heterocycles. The number of halogens is 2. The minimum Gasteiger partial charge on any atom is -0.381 e. The monoisotopic (exact) mass is 330 g/mol. The fraction of sp³-hybridized carbons (Fsp3) is 0.353. The van der Waals surface area contributed by atoms with Crippen molar-refractivity contribution in [1.82, 2.24) is 9.97 Å². The average Bonchev–Trinajstić information content (AvgIpc) is 2.63. The number of aromatic nitrogens is 2. The van der Waals surface area contributed by atoms with Gasteiger partial charge in [-0.1, -0.05) is 6.07 Å². The van der Waals surface area contributed by atoms with Crippen molar-refractivity contribution in [3.05, 3.63) is 42.2 Å². The van der Waals surface area contributed by atoms with E-state index in [1.54, 1.807) is 18.2 Å². The second-order valence-electron chi connectivity index (χ2n) is 5.75. The molecule has 0 aromatic carbocycles. The summed E-state index contributed by atoms with van der Waals surface area (Å²) in [6.07, 6.45) is 2.14. The van der Waals surface area contributed by atoms with E-state index in [9.17, 15) is 14.0 Å². The maximum Gasteiger partial charge on any atom is 0.213 e. The SMILES string of the molecule is N#CC1(CNc2cccc(-c3cc(F)ncc3F)n2)CCOCC1. The number of anilines is 1. The molecule has 1 aliphatic heterocycles. The number of pyridine rings is 2. The van der Waals surface area contributed by atoms with Gasteiger partial charge >= 0.3 is 0 Å². The Kier molecular flexibility index (Phi) is 4.67. The first-order valence-electron chi connectivity index (χ1n) is 7.63. The van der Waals surface area contributed by atoms with Crippen LogP contribution in [-0.2, 0) is 4.74 Å². The van der Waals surface area contributed by atoms with E-state index in [1.165, 1.54) is 0 Å². The highest BCUT2D eigenvalue weighted by Crippen LogP contribution is 2.30. The number of ether oxygens (including phenoxy) is 1. The molecule has 24 heavy (non-hydrogen) atoms. The average molecular weight is 330 g/mol. The van der Waals surface area contributed by atoms with Crippen molar-refractivity contribution in [2.75, 3.05) is 25.1 Å². The minimum atomic E-state index is -0.766. The third-order valence-corrected chi connectivity index (χ3v) is 4.14. The molecule has 0 bridgehead atoms. The highest BCUT2D eigenvalue weighted by molar-refractivity contribution is 5.61. The topological polar surface area (TPSA) is 70.8 Å². The molecule has 3 rings (SSSR count). The van der Waals surface area contributed by atoms with Crippen LogP contribution in [0.15, 0.2) is 30.5 Å². The van der Waals surface area contributed by atoms with Crippen molar-refractivity contribution >= 4 is 5.82 Å². The summed E-state index contributed by atoms with van der Waals surface area (Å²) < 4.78 is 32.4. The smallest absolute Gasteiger partial charge is 0.213 e. The molecule has 124 valence electrons. The molecule has 5 nitrogen and oxygen atoms in total. The van der Waals surface area contributed by atoms with Gasteiger partial charge < -0.3 is 10.1 Å². The molecular formula is C17H16F2N4O. The van der Waals surface area contributed by atoms with Crippen LogP contribution in [0.4, 0.5) is 14.6 Å². The Morgan fingerprint density at radius 3 is 2.83 bits per heavy atom. The van der Waals surface area contributed by atoms with Gasteiger partial charge in [-0.15, -0.1) is 0 Å². The Balaban J connectivity index is 1.78. The summed E-state index contributed by atoms with van der Waals surface area (Å²) in [5.74, 6) is -0.901.